The predicted molar refractivity (Wildman–Crippen MR) is 85.1 cm³/mol. The Morgan fingerprint density at radius 2 is 2.00 bits per heavy atom. The zero-order chi connectivity index (χ0) is 13.0. The molecule has 2 N–H and O–H groups in total. The Morgan fingerprint density at radius 3 is 2.67 bits per heavy atom. The molecule has 0 heterocycles. The minimum absolute atomic E-state index is 0.549. The number of rotatable bonds is 2. The van der Waals surface area contributed by atoms with E-state index >= 15 is 0 Å². The molecule has 0 aromatic heterocycles. The van der Waals surface area contributed by atoms with Crippen LogP contribution in [0.3, 0.4) is 0 Å². The minimum Gasteiger partial charge on any atom is -0.360 e. The Morgan fingerprint density at radius 1 is 1.28 bits per heavy atom. The van der Waals surface area contributed by atoms with Crippen LogP contribution in [0.25, 0.3) is 0 Å². The van der Waals surface area contributed by atoms with Crippen LogP contribution in [0.4, 0.5) is 5.69 Å². The number of nitrogens with one attached hydrogen (secondary N) is 2. The molecule has 98 valence electrons. The fourth-order valence-corrected chi connectivity index (χ4v) is 2.93. The summed E-state index contributed by atoms with van der Waals surface area (Å²) in [6.45, 7) is 2.08. The van der Waals surface area contributed by atoms with Gasteiger partial charge in [-0.15, -0.1) is 0 Å². The lowest BCUT2D eigenvalue weighted by Crippen LogP contribution is -2.38. The van der Waals surface area contributed by atoms with Crippen LogP contribution in [0.15, 0.2) is 22.7 Å². The summed E-state index contributed by atoms with van der Waals surface area (Å²) in [7, 11) is 0. The van der Waals surface area contributed by atoms with E-state index in [1.54, 1.807) is 0 Å². The summed E-state index contributed by atoms with van der Waals surface area (Å²) in [6, 6.07) is 6.74. The SMILES string of the molecule is Cc1ccc(NC(=S)NC2CCCCC2)cc1Br. The maximum absolute atomic E-state index is 5.36. The molecular weight excluding hydrogens is 308 g/mol. The van der Waals surface area contributed by atoms with E-state index < -0.39 is 0 Å². The molecule has 0 amide bonds. The second-order valence-electron chi connectivity index (χ2n) is 4.90. The minimum atomic E-state index is 0.549. The molecule has 1 aliphatic rings. The topological polar surface area (TPSA) is 24.1 Å². The smallest absolute Gasteiger partial charge is 0.170 e. The number of halogens is 1. The molecule has 0 bridgehead atoms. The average Bonchev–Trinajstić information content (AvgIpc) is 2.35. The van der Waals surface area contributed by atoms with Gasteiger partial charge in [0.2, 0.25) is 0 Å². The molecule has 0 atom stereocenters. The number of aryl methyl sites for hydroxylation is 1. The van der Waals surface area contributed by atoms with E-state index in [4.69, 9.17) is 12.2 Å². The Hall–Kier alpha value is -0.610. The first-order valence-corrected chi connectivity index (χ1v) is 7.69. The standard InChI is InChI=1S/C14H19BrN2S/c1-10-7-8-12(9-13(10)15)17-14(18)16-11-5-3-2-4-6-11/h7-9,11H,2-6H2,1H3,(H2,16,17,18). The van der Waals surface area contributed by atoms with Crippen molar-refractivity contribution >= 4 is 38.9 Å². The molecule has 0 spiro atoms. The first-order chi connectivity index (χ1) is 8.65. The summed E-state index contributed by atoms with van der Waals surface area (Å²) in [5, 5.41) is 7.39. The van der Waals surface area contributed by atoms with E-state index in [1.165, 1.54) is 37.7 Å². The van der Waals surface area contributed by atoms with Crippen molar-refractivity contribution in [3.63, 3.8) is 0 Å². The van der Waals surface area contributed by atoms with Crippen molar-refractivity contribution in [2.75, 3.05) is 5.32 Å². The molecule has 0 aliphatic heterocycles. The van der Waals surface area contributed by atoms with Crippen LogP contribution < -0.4 is 10.6 Å². The summed E-state index contributed by atoms with van der Waals surface area (Å²) in [5.74, 6) is 0. The lowest BCUT2D eigenvalue weighted by molar-refractivity contribution is 0.415. The summed E-state index contributed by atoms with van der Waals surface area (Å²) < 4.78 is 1.10. The number of hydrogen-bond donors (Lipinski definition) is 2. The van der Waals surface area contributed by atoms with Crippen molar-refractivity contribution in [1.29, 1.82) is 0 Å². The van der Waals surface area contributed by atoms with Crippen LogP contribution in [0.2, 0.25) is 0 Å². The zero-order valence-corrected chi connectivity index (χ0v) is 13.0. The van der Waals surface area contributed by atoms with Crippen molar-refractivity contribution in [1.82, 2.24) is 5.32 Å². The van der Waals surface area contributed by atoms with Crippen molar-refractivity contribution in [3.8, 4) is 0 Å². The molecule has 1 fully saturated rings. The second-order valence-corrected chi connectivity index (χ2v) is 6.16. The zero-order valence-electron chi connectivity index (χ0n) is 10.6. The van der Waals surface area contributed by atoms with Gasteiger partial charge in [-0.25, -0.2) is 0 Å². The highest BCUT2D eigenvalue weighted by Crippen LogP contribution is 2.21. The van der Waals surface area contributed by atoms with E-state index in [9.17, 15) is 0 Å². The molecule has 18 heavy (non-hydrogen) atoms. The van der Waals surface area contributed by atoms with Crippen molar-refractivity contribution in [2.45, 2.75) is 45.1 Å². The third-order valence-electron chi connectivity index (χ3n) is 3.37. The fraction of sp³-hybridized carbons (Fsp3) is 0.500. The third-order valence-corrected chi connectivity index (χ3v) is 4.44. The maximum Gasteiger partial charge on any atom is 0.170 e. The van der Waals surface area contributed by atoms with Crippen molar-refractivity contribution < 1.29 is 0 Å². The normalized spacial score (nSPS) is 16.3. The van der Waals surface area contributed by atoms with Crippen LogP contribution >= 0.6 is 28.1 Å². The van der Waals surface area contributed by atoms with Gasteiger partial charge in [0.1, 0.15) is 0 Å². The van der Waals surface area contributed by atoms with Crippen molar-refractivity contribution in [3.05, 3.63) is 28.2 Å². The first-order valence-electron chi connectivity index (χ1n) is 6.49. The number of thiocarbonyl (C=S) groups is 1. The van der Waals surface area contributed by atoms with E-state index in [0.29, 0.717) is 6.04 Å². The van der Waals surface area contributed by atoms with Crippen LogP contribution in [0.5, 0.6) is 0 Å². The third kappa shape index (κ3) is 3.95. The molecule has 2 rings (SSSR count). The fourth-order valence-electron chi connectivity index (χ4n) is 2.27. The molecule has 1 aromatic rings. The highest BCUT2D eigenvalue weighted by atomic mass is 79.9. The van der Waals surface area contributed by atoms with E-state index in [2.05, 4.69) is 51.7 Å². The molecule has 0 radical (unpaired) electrons. The number of hydrogen-bond acceptors (Lipinski definition) is 1. The van der Waals surface area contributed by atoms with Crippen molar-refractivity contribution in [2.24, 2.45) is 0 Å². The van der Waals surface area contributed by atoms with E-state index in [-0.39, 0.29) is 0 Å². The predicted octanol–water partition coefficient (Wildman–Crippen LogP) is 4.38. The average molecular weight is 327 g/mol. The van der Waals surface area contributed by atoms with Gasteiger partial charge in [0.15, 0.2) is 5.11 Å². The van der Waals surface area contributed by atoms with Gasteiger partial charge in [0.05, 0.1) is 0 Å². The first kappa shape index (κ1) is 13.8. The van der Waals surface area contributed by atoms with E-state index in [1.807, 2.05) is 0 Å². The Balaban J connectivity index is 1.88. The van der Waals surface area contributed by atoms with Crippen LogP contribution in [-0.2, 0) is 0 Å². The molecule has 0 unspecified atom stereocenters. The molecule has 0 saturated heterocycles. The second kappa shape index (κ2) is 6.53. The van der Waals surface area contributed by atoms with Gasteiger partial charge in [-0.1, -0.05) is 41.3 Å². The molecular formula is C14H19BrN2S. The lowest BCUT2D eigenvalue weighted by Gasteiger charge is -2.24. The number of benzene rings is 1. The number of anilines is 1. The summed E-state index contributed by atoms with van der Waals surface area (Å²) in [6.07, 6.45) is 6.47. The monoisotopic (exact) mass is 326 g/mol. The highest BCUT2D eigenvalue weighted by Gasteiger charge is 2.13. The Labute approximate surface area is 123 Å². The van der Waals surface area contributed by atoms with Gasteiger partial charge in [0.25, 0.3) is 0 Å². The van der Waals surface area contributed by atoms with Gasteiger partial charge < -0.3 is 10.6 Å². The maximum atomic E-state index is 5.36. The molecule has 4 heteroatoms. The van der Waals surface area contributed by atoms with Gasteiger partial charge in [-0.2, -0.15) is 0 Å². The summed E-state index contributed by atoms with van der Waals surface area (Å²) in [5.41, 5.74) is 2.26. The molecule has 1 aromatic carbocycles. The van der Waals surface area contributed by atoms with Crippen LogP contribution in [-0.4, -0.2) is 11.2 Å². The molecule has 1 aliphatic carbocycles. The lowest BCUT2D eigenvalue weighted by atomic mass is 9.96. The molecule has 2 nitrogen and oxygen atoms in total. The van der Waals surface area contributed by atoms with Gasteiger partial charge >= 0.3 is 0 Å². The van der Waals surface area contributed by atoms with E-state index in [0.717, 1.165) is 15.3 Å². The van der Waals surface area contributed by atoms with Crippen LogP contribution in [0.1, 0.15) is 37.7 Å². The van der Waals surface area contributed by atoms with Crippen LogP contribution in [0, 0.1) is 6.92 Å². The van der Waals surface area contributed by atoms with Gasteiger partial charge in [0, 0.05) is 16.2 Å². The van der Waals surface area contributed by atoms with Gasteiger partial charge in [-0.3, -0.25) is 0 Å². The molecule has 1 saturated carbocycles. The summed E-state index contributed by atoms with van der Waals surface area (Å²) >= 11 is 8.89. The Kier molecular flexibility index (Phi) is 5.01. The summed E-state index contributed by atoms with van der Waals surface area (Å²) in [4.78, 5) is 0. The quantitative estimate of drug-likeness (QED) is 0.789. The van der Waals surface area contributed by atoms with Gasteiger partial charge in [-0.05, 0) is 49.7 Å². The largest absolute Gasteiger partial charge is 0.360 e. The Bertz CT molecular complexity index is 428. The highest BCUT2D eigenvalue weighted by molar-refractivity contribution is 9.10.